The Bertz CT molecular complexity index is 881. The third kappa shape index (κ3) is 4.80. The molecule has 1 aromatic heterocycles. The second kappa shape index (κ2) is 8.29. The van der Waals surface area contributed by atoms with Crippen LogP contribution in [0.4, 0.5) is 4.39 Å². The lowest BCUT2D eigenvalue weighted by Crippen LogP contribution is -2.26. The second-order valence-electron chi connectivity index (χ2n) is 5.66. The summed E-state index contributed by atoms with van der Waals surface area (Å²) in [5.41, 5.74) is 1.22. The number of ether oxygens (including phenoxy) is 1. The van der Waals surface area contributed by atoms with E-state index < -0.39 is 0 Å². The number of rotatable bonds is 6. The van der Waals surface area contributed by atoms with Gasteiger partial charge >= 0.3 is 0 Å². The van der Waals surface area contributed by atoms with E-state index in [0.29, 0.717) is 28.0 Å². The molecule has 134 valence electrons. The van der Waals surface area contributed by atoms with Gasteiger partial charge < -0.3 is 9.64 Å². The van der Waals surface area contributed by atoms with Gasteiger partial charge in [-0.15, -0.1) is 11.3 Å². The maximum absolute atomic E-state index is 13.0. The van der Waals surface area contributed by atoms with Crippen molar-refractivity contribution in [1.29, 1.82) is 0 Å². The van der Waals surface area contributed by atoms with Gasteiger partial charge in [-0.05, 0) is 42.0 Å². The van der Waals surface area contributed by atoms with E-state index in [1.807, 2.05) is 0 Å². The van der Waals surface area contributed by atoms with Crippen molar-refractivity contribution in [3.8, 4) is 5.75 Å². The van der Waals surface area contributed by atoms with Gasteiger partial charge in [0.1, 0.15) is 28.9 Å². The number of hydrogen-bond donors (Lipinski definition) is 0. The summed E-state index contributed by atoms with van der Waals surface area (Å²) in [6.45, 7) is 0.661. The average Bonchev–Trinajstić information content (AvgIpc) is 3.11. The number of hydrogen-bond acceptors (Lipinski definition) is 4. The Morgan fingerprint density at radius 3 is 2.58 bits per heavy atom. The summed E-state index contributed by atoms with van der Waals surface area (Å²) in [5, 5.41) is 3.06. The molecule has 0 aliphatic heterocycles. The summed E-state index contributed by atoms with van der Waals surface area (Å²) in [7, 11) is 1.69. The smallest absolute Gasteiger partial charge is 0.273 e. The van der Waals surface area contributed by atoms with Crippen LogP contribution >= 0.6 is 22.9 Å². The molecule has 0 atom stereocenters. The molecular weight excluding hydrogens is 375 g/mol. The monoisotopic (exact) mass is 390 g/mol. The topological polar surface area (TPSA) is 42.4 Å². The zero-order chi connectivity index (χ0) is 18.5. The Morgan fingerprint density at radius 1 is 1.19 bits per heavy atom. The Labute approximate surface area is 159 Å². The fourth-order valence-corrected chi connectivity index (χ4v) is 3.09. The van der Waals surface area contributed by atoms with Crippen molar-refractivity contribution in [2.75, 3.05) is 7.05 Å². The van der Waals surface area contributed by atoms with E-state index in [1.165, 1.54) is 23.5 Å². The van der Waals surface area contributed by atoms with E-state index in [2.05, 4.69) is 4.98 Å². The summed E-state index contributed by atoms with van der Waals surface area (Å²) in [6.07, 6.45) is 0. The Balaban J connectivity index is 1.58. The molecule has 0 bridgehead atoms. The van der Waals surface area contributed by atoms with Crippen molar-refractivity contribution in [2.45, 2.75) is 13.2 Å². The summed E-state index contributed by atoms with van der Waals surface area (Å²) < 4.78 is 18.6. The number of amides is 1. The summed E-state index contributed by atoms with van der Waals surface area (Å²) in [4.78, 5) is 18.4. The van der Waals surface area contributed by atoms with E-state index in [1.54, 1.807) is 53.7 Å². The molecule has 7 heteroatoms. The molecule has 0 spiro atoms. The van der Waals surface area contributed by atoms with E-state index in [-0.39, 0.29) is 18.3 Å². The average molecular weight is 391 g/mol. The van der Waals surface area contributed by atoms with Crippen LogP contribution in [0.15, 0.2) is 53.9 Å². The molecule has 3 aromatic rings. The zero-order valence-corrected chi connectivity index (χ0v) is 15.6. The predicted molar refractivity (Wildman–Crippen MR) is 100 cm³/mol. The first kappa shape index (κ1) is 18.4. The fourth-order valence-electron chi connectivity index (χ4n) is 2.28. The fraction of sp³-hybridized carbons (Fsp3) is 0.158. The van der Waals surface area contributed by atoms with Crippen molar-refractivity contribution in [3.63, 3.8) is 0 Å². The van der Waals surface area contributed by atoms with Gasteiger partial charge in [0.25, 0.3) is 5.91 Å². The normalized spacial score (nSPS) is 10.6. The molecule has 26 heavy (non-hydrogen) atoms. The van der Waals surface area contributed by atoms with Gasteiger partial charge in [-0.2, -0.15) is 0 Å². The van der Waals surface area contributed by atoms with Crippen LogP contribution in [0.25, 0.3) is 0 Å². The van der Waals surface area contributed by atoms with Crippen LogP contribution in [0.2, 0.25) is 5.02 Å². The van der Waals surface area contributed by atoms with Crippen LogP contribution in [-0.2, 0) is 13.2 Å². The first-order chi connectivity index (χ1) is 12.5. The molecule has 0 radical (unpaired) electrons. The molecule has 0 saturated carbocycles. The largest absolute Gasteiger partial charge is 0.486 e. The minimum absolute atomic E-state index is 0.191. The van der Waals surface area contributed by atoms with Crippen LogP contribution in [0, 0.1) is 5.82 Å². The highest BCUT2D eigenvalue weighted by molar-refractivity contribution is 7.09. The molecule has 0 N–H and O–H groups in total. The lowest BCUT2D eigenvalue weighted by Gasteiger charge is -2.15. The van der Waals surface area contributed by atoms with Crippen LogP contribution in [0.3, 0.4) is 0 Å². The van der Waals surface area contributed by atoms with Crippen LogP contribution in [-0.4, -0.2) is 22.8 Å². The Hall–Kier alpha value is -2.44. The number of benzene rings is 2. The zero-order valence-electron chi connectivity index (χ0n) is 14.0. The van der Waals surface area contributed by atoms with Gasteiger partial charge in [-0.3, -0.25) is 4.79 Å². The molecule has 0 aliphatic carbocycles. The van der Waals surface area contributed by atoms with Gasteiger partial charge in [0.2, 0.25) is 0 Å². The molecule has 4 nitrogen and oxygen atoms in total. The third-order valence-corrected chi connectivity index (χ3v) is 4.70. The number of thiazole rings is 1. The molecule has 0 aliphatic rings. The van der Waals surface area contributed by atoms with E-state index in [0.717, 1.165) is 5.56 Å². The van der Waals surface area contributed by atoms with E-state index in [9.17, 15) is 9.18 Å². The predicted octanol–water partition coefficient (Wildman–Crippen LogP) is 4.79. The summed E-state index contributed by atoms with van der Waals surface area (Å²) >= 11 is 7.20. The lowest BCUT2D eigenvalue weighted by molar-refractivity contribution is 0.0779. The first-order valence-corrected chi connectivity index (χ1v) is 9.10. The molecule has 0 fully saturated rings. The highest BCUT2D eigenvalue weighted by Crippen LogP contribution is 2.19. The molecule has 1 heterocycles. The van der Waals surface area contributed by atoms with E-state index in [4.69, 9.17) is 16.3 Å². The Morgan fingerprint density at radius 2 is 1.88 bits per heavy atom. The van der Waals surface area contributed by atoms with Gasteiger partial charge in [0.15, 0.2) is 0 Å². The van der Waals surface area contributed by atoms with Gasteiger partial charge in [0.05, 0.1) is 0 Å². The summed E-state index contributed by atoms with van der Waals surface area (Å²) in [5.74, 6) is 0.196. The molecule has 0 unspecified atom stereocenters. The lowest BCUT2D eigenvalue weighted by atomic mass is 10.2. The number of nitrogens with zero attached hydrogens (tertiary/aromatic N) is 2. The molecular formula is C19H16ClFN2O2S. The number of halogens is 2. The van der Waals surface area contributed by atoms with Crippen molar-refractivity contribution in [3.05, 3.63) is 81.0 Å². The van der Waals surface area contributed by atoms with Gasteiger partial charge in [-0.1, -0.05) is 23.7 Å². The molecule has 2 aromatic carbocycles. The standard InChI is InChI=1S/C19H16ClFN2O2S/c1-23(10-13-2-6-15(21)7-3-13)19(24)17-12-26-18(22-17)11-25-16-8-4-14(20)5-9-16/h2-9,12H,10-11H2,1H3. The number of carbonyl (C=O) groups is 1. The molecule has 1 amide bonds. The maximum Gasteiger partial charge on any atom is 0.273 e. The van der Waals surface area contributed by atoms with Crippen LogP contribution < -0.4 is 4.74 Å². The van der Waals surface area contributed by atoms with Crippen molar-refractivity contribution in [1.82, 2.24) is 9.88 Å². The van der Waals surface area contributed by atoms with Crippen molar-refractivity contribution < 1.29 is 13.9 Å². The third-order valence-electron chi connectivity index (χ3n) is 3.63. The SMILES string of the molecule is CN(Cc1ccc(F)cc1)C(=O)c1csc(COc2ccc(Cl)cc2)n1. The highest BCUT2D eigenvalue weighted by Gasteiger charge is 2.16. The molecule has 0 saturated heterocycles. The van der Waals surface area contributed by atoms with Crippen molar-refractivity contribution >= 4 is 28.8 Å². The molecule has 3 rings (SSSR count). The number of aromatic nitrogens is 1. The minimum atomic E-state index is -0.299. The first-order valence-electron chi connectivity index (χ1n) is 7.84. The Kier molecular flexibility index (Phi) is 5.85. The van der Waals surface area contributed by atoms with Crippen LogP contribution in [0.5, 0.6) is 5.75 Å². The van der Waals surface area contributed by atoms with Gasteiger partial charge in [0, 0.05) is 24.0 Å². The second-order valence-corrected chi connectivity index (χ2v) is 7.04. The highest BCUT2D eigenvalue weighted by atomic mass is 35.5. The minimum Gasteiger partial charge on any atom is -0.486 e. The van der Waals surface area contributed by atoms with E-state index >= 15 is 0 Å². The number of carbonyl (C=O) groups excluding carboxylic acids is 1. The van der Waals surface area contributed by atoms with Crippen LogP contribution in [0.1, 0.15) is 21.1 Å². The summed E-state index contributed by atoms with van der Waals surface area (Å²) in [6, 6.07) is 13.1. The maximum atomic E-state index is 13.0. The van der Waals surface area contributed by atoms with Gasteiger partial charge in [-0.25, -0.2) is 9.37 Å². The quantitative estimate of drug-likeness (QED) is 0.608. The van der Waals surface area contributed by atoms with Crippen molar-refractivity contribution in [2.24, 2.45) is 0 Å².